The number of thioether (sulfide) groups is 1. The highest BCUT2D eigenvalue weighted by molar-refractivity contribution is 8.03. The number of benzene rings is 1. The minimum atomic E-state index is 0.259. The minimum Gasteiger partial charge on any atom is -0.122 e. The fourth-order valence-corrected chi connectivity index (χ4v) is 2.22. The topological polar surface area (TPSA) is 0 Å². The van der Waals surface area contributed by atoms with Gasteiger partial charge in [-0.05, 0) is 23.8 Å². The van der Waals surface area contributed by atoms with Crippen molar-refractivity contribution in [3.63, 3.8) is 0 Å². The van der Waals surface area contributed by atoms with Crippen LogP contribution >= 0.6 is 23.4 Å². The molecular weight excluding hydrogens is 236 g/mol. The molecule has 16 heavy (non-hydrogen) atoms. The first-order valence-electron chi connectivity index (χ1n) is 5.65. The van der Waals surface area contributed by atoms with Gasteiger partial charge < -0.3 is 0 Å². The number of rotatable bonds is 5. The van der Waals surface area contributed by atoms with Crippen molar-refractivity contribution in [3.05, 3.63) is 35.9 Å². The molecule has 0 spiro atoms. The van der Waals surface area contributed by atoms with Crippen molar-refractivity contribution in [2.75, 3.05) is 5.75 Å². The molecule has 86 valence electrons. The molecule has 1 aromatic carbocycles. The maximum atomic E-state index is 6.15. The molecule has 0 saturated carbocycles. The highest BCUT2D eigenvalue weighted by Gasteiger charge is 2.02. The summed E-state index contributed by atoms with van der Waals surface area (Å²) >= 11 is 7.77. The molecule has 2 heteroatoms. The minimum absolute atomic E-state index is 0.259. The van der Waals surface area contributed by atoms with Crippen molar-refractivity contribution in [3.8, 4) is 11.2 Å². The normalized spacial score (nSPS) is 11.6. The molecule has 1 aromatic rings. The van der Waals surface area contributed by atoms with E-state index in [1.807, 2.05) is 30.3 Å². The molecule has 0 aliphatic heterocycles. The third-order valence-corrected chi connectivity index (χ3v) is 3.55. The second-order valence-electron chi connectivity index (χ2n) is 3.64. The quantitative estimate of drug-likeness (QED) is 0.548. The van der Waals surface area contributed by atoms with E-state index < -0.39 is 0 Å². The number of halogens is 1. The van der Waals surface area contributed by atoms with E-state index in [0.29, 0.717) is 0 Å². The molecule has 1 atom stereocenters. The van der Waals surface area contributed by atoms with Gasteiger partial charge >= 0.3 is 0 Å². The molecule has 0 aromatic heterocycles. The van der Waals surface area contributed by atoms with Crippen molar-refractivity contribution < 1.29 is 0 Å². The Balaban J connectivity index is 2.23. The summed E-state index contributed by atoms with van der Waals surface area (Å²) in [5.41, 5.74) is 1.06. The lowest BCUT2D eigenvalue weighted by molar-refractivity contribution is 0.712. The van der Waals surface area contributed by atoms with Crippen LogP contribution in [-0.4, -0.2) is 11.1 Å². The van der Waals surface area contributed by atoms with Gasteiger partial charge in [-0.1, -0.05) is 55.6 Å². The van der Waals surface area contributed by atoms with E-state index >= 15 is 0 Å². The number of alkyl halides is 1. The molecule has 0 bridgehead atoms. The van der Waals surface area contributed by atoms with Crippen LogP contribution in [0, 0.1) is 11.2 Å². The molecule has 0 fully saturated rings. The summed E-state index contributed by atoms with van der Waals surface area (Å²) in [6.07, 6.45) is 3.52. The third kappa shape index (κ3) is 6.10. The van der Waals surface area contributed by atoms with Gasteiger partial charge in [0.25, 0.3) is 0 Å². The van der Waals surface area contributed by atoms with Crippen molar-refractivity contribution in [1.82, 2.24) is 0 Å². The summed E-state index contributed by atoms with van der Waals surface area (Å²) in [7, 11) is 0. The van der Waals surface area contributed by atoms with Crippen LogP contribution < -0.4 is 0 Å². The van der Waals surface area contributed by atoms with Crippen LogP contribution in [-0.2, 0) is 0 Å². The molecule has 1 unspecified atom stereocenters. The van der Waals surface area contributed by atoms with Gasteiger partial charge in [-0.3, -0.25) is 0 Å². The van der Waals surface area contributed by atoms with E-state index in [9.17, 15) is 0 Å². The second kappa shape index (κ2) is 8.56. The van der Waals surface area contributed by atoms with E-state index in [2.05, 4.69) is 18.1 Å². The van der Waals surface area contributed by atoms with Gasteiger partial charge in [0.1, 0.15) is 0 Å². The lowest BCUT2D eigenvalue weighted by atomic mass is 10.2. The Morgan fingerprint density at radius 1 is 1.31 bits per heavy atom. The fourth-order valence-electron chi connectivity index (χ4n) is 1.26. The summed E-state index contributed by atoms with van der Waals surface area (Å²) in [6, 6.07) is 10.0. The predicted molar refractivity (Wildman–Crippen MR) is 74.9 cm³/mol. The van der Waals surface area contributed by atoms with Crippen molar-refractivity contribution >= 4 is 23.4 Å². The summed E-state index contributed by atoms with van der Waals surface area (Å²) in [6.45, 7) is 2.19. The van der Waals surface area contributed by atoms with Crippen molar-refractivity contribution in [1.29, 1.82) is 0 Å². The van der Waals surface area contributed by atoms with Crippen molar-refractivity contribution in [2.45, 2.75) is 31.6 Å². The van der Waals surface area contributed by atoms with Crippen LogP contribution in [0.5, 0.6) is 0 Å². The highest BCUT2D eigenvalue weighted by Crippen LogP contribution is 2.13. The zero-order valence-corrected chi connectivity index (χ0v) is 11.2. The first-order chi connectivity index (χ1) is 7.83. The molecule has 1 rings (SSSR count). The molecule has 0 heterocycles. The van der Waals surface area contributed by atoms with Gasteiger partial charge in [-0.2, -0.15) is 0 Å². The standard InChI is InChI=1S/C14H17ClS/c1-2-3-9-14(15)12-16-11-10-13-7-5-4-6-8-13/h4-8,14H,2-3,9,12H2,1H3. The van der Waals surface area contributed by atoms with Crippen LogP contribution in [0.1, 0.15) is 31.7 Å². The number of hydrogen-bond acceptors (Lipinski definition) is 1. The Labute approximate surface area is 108 Å². The number of hydrogen-bond donors (Lipinski definition) is 0. The van der Waals surface area contributed by atoms with Gasteiger partial charge in [0, 0.05) is 16.7 Å². The summed E-state index contributed by atoms with van der Waals surface area (Å²) in [5, 5.41) is 3.35. The lowest BCUT2D eigenvalue weighted by Crippen LogP contribution is -2.00. The third-order valence-electron chi connectivity index (χ3n) is 2.18. The van der Waals surface area contributed by atoms with E-state index in [0.717, 1.165) is 17.7 Å². The Bertz CT molecular complexity index is 337. The Hall–Kier alpha value is -0.580. The van der Waals surface area contributed by atoms with Crippen LogP contribution in [0.25, 0.3) is 0 Å². The Morgan fingerprint density at radius 3 is 2.75 bits per heavy atom. The summed E-state index contributed by atoms with van der Waals surface area (Å²) < 4.78 is 0. The van der Waals surface area contributed by atoms with Gasteiger partial charge in [-0.15, -0.1) is 11.6 Å². The zero-order valence-electron chi connectivity index (χ0n) is 9.58. The molecular formula is C14H17ClS. The predicted octanol–water partition coefficient (Wildman–Crippen LogP) is 4.53. The Kier molecular flexibility index (Phi) is 7.21. The summed E-state index contributed by atoms with van der Waals surface area (Å²) in [5.74, 6) is 4.03. The molecule has 0 saturated heterocycles. The largest absolute Gasteiger partial charge is 0.122 e. The monoisotopic (exact) mass is 252 g/mol. The first-order valence-corrected chi connectivity index (χ1v) is 7.07. The molecule has 0 N–H and O–H groups in total. The van der Waals surface area contributed by atoms with Crippen LogP contribution in [0.3, 0.4) is 0 Å². The van der Waals surface area contributed by atoms with Gasteiger partial charge in [-0.25, -0.2) is 0 Å². The lowest BCUT2D eigenvalue weighted by Gasteiger charge is -2.04. The zero-order chi connectivity index (χ0) is 11.6. The smallest absolute Gasteiger partial charge is 0.0436 e. The number of unbranched alkanes of at least 4 members (excludes halogenated alkanes) is 1. The first kappa shape index (κ1) is 13.5. The maximum absolute atomic E-state index is 6.15. The maximum Gasteiger partial charge on any atom is 0.0436 e. The van der Waals surface area contributed by atoms with Gasteiger partial charge in [0.05, 0.1) is 0 Å². The summed E-state index contributed by atoms with van der Waals surface area (Å²) in [4.78, 5) is 0. The van der Waals surface area contributed by atoms with E-state index in [1.54, 1.807) is 11.8 Å². The molecule has 0 aliphatic rings. The van der Waals surface area contributed by atoms with E-state index in [-0.39, 0.29) is 5.38 Å². The van der Waals surface area contributed by atoms with Crippen molar-refractivity contribution in [2.24, 2.45) is 0 Å². The highest BCUT2D eigenvalue weighted by atomic mass is 35.5. The van der Waals surface area contributed by atoms with E-state index in [4.69, 9.17) is 11.6 Å². The SMILES string of the molecule is CCCCC(Cl)CSC#Cc1ccccc1. The van der Waals surface area contributed by atoms with Gasteiger partial charge in [0.15, 0.2) is 0 Å². The van der Waals surface area contributed by atoms with E-state index in [1.165, 1.54) is 12.8 Å². The molecule has 0 nitrogen and oxygen atoms in total. The second-order valence-corrected chi connectivity index (χ2v) is 5.09. The average Bonchev–Trinajstić information content (AvgIpc) is 2.33. The molecule has 0 amide bonds. The Morgan fingerprint density at radius 2 is 2.06 bits per heavy atom. The van der Waals surface area contributed by atoms with Gasteiger partial charge in [0.2, 0.25) is 0 Å². The van der Waals surface area contributed by atoms with Crippen LogP contribution in [0.4, 0.5) is 0 Å². The van der Waals surface area contributed by atoms with Crippen LogP contribution in [0.15, 0.2) is 30.3 Å². The van der Waals surface area contributed by atoms with Crippen LogP contribution in [0.2, 0.25) is 0 Å². The fraction of sp³-hybridized carbons (Fsp3) is 0.429. The molecule has 0 aliphatic carbocycles. The average molecular weight is 253 g/mol. The molecule has 0 radical (unpaired) electrons.